The summed E-state index contributed by atoms with van der Waals surface area (Å²) in [5, 5.41) is 7.86. The number of hydrogen-bond acceptors (Lipinski definition) is 3. The van der Waals surface area contributed by atoms with Crippen molar-refractivity contribution in [1.82, 2.24) is 0 Å². The summed E-state index contributed by atoms with van der Waals surface area (Å²) >= 11 is 0. The Morgan fingerprint density at radius 3 is 2.56 bits per heavy atom. The SMILES string of the molecule is Cc1ccccc1/C=N\N=C\c1ccco1. The van der Waals surface area contributed by atoms with Gasteiger partial charge in [0.05, 0.1) is 18.7 Å². The van der Waals surface area contributed by atoms with Crippen molar-refractivity contribution in [3.63, 3.8) is 0 Å². The van der Waals surface area contributed by atoms with E-state index in [1.807, 2.05) is 43.3 Å². The van der Waals surface area contributed by atoms with Crippen molar-refractivity contribution in [2.45, 2.75) is 6.92 Å². The third kappa shape index (κ3) is 2.67. The van der Waals surface area contributed by atoms with Crippen LogP contribution in [-0.4, -0.2) is 12.4 Å². The molecule has 0 saturated heterocycles. The number of aryl methyl sites for hydroxylation is 1. The van der Waals surface area contributed by atoms with Gasteiger partial charge in [-0.2, -0.15) is 10.2 Å². The highest BCUT2D eigenvalue weighted by molar-refractivity contribution is 5.82. The predicted molar refractivity (Wildman–Crippen MR) is 65.1 cm³/mol. The number of rotatable bonds is 3. The van der Waals surface area contributed by atoms with Crippen LogP contribution in [0.1, 0.15) is 16.9 Å². The van der Waals surface area contributed by atoms with E-state index in [9.17, 15) is 0 Å². The molecule has 80 valence electrons. The number of benzene rings is 1. The number of hydrogen-bond donors (Lipinski definition) is 0. The number of furan rings is 1. The molecule has 2 rings (SSSR count). The number of nitrogens with zero attached hydrogens (tertiary/aromatic N) is 2. The van der Waals surface area contributed by atoms with Gasteiger partial charge in [-0.05, 0) is 30.2 Å². The first-order valence-electron chi connectivity index (χ1n) is 5.02. The highest BCUT2D eigenvalue weighted by Gasteiger charge is 1.91. The topological polar surface area (TPSA) is 37.9 Å². The fraction of sp³-hybridized carbons (Fsp3) is 0.0769. The Bertz CT molecular complexity index is 498. The molecular formula is C13H12N2O. The molecule has 0 aliphatic carbocycles. The van der Waals surface area contributed by atoms with E-state index in [1.165, 1.54) is 5.56 Å². The van der Waals surface area contributed by atoms with Crippen LogP contribution in [0.2, 0.25) is 0 Å². The van der Waals surface area contributed by atoms with Crippen molar-refractivity contribution in [2.75, 3.05) is 0 Å². The van der Waals surface area contributed by atoms with Gasteiger partial charge in [-0.15, -0.1) is 0 Å². The lowest BCUT2D eigenvalue weighted by atomic mass is 10.1. The van der Waals surface area contributed by atoms with Gasteiger partial charge in [0.2, 0.25) is 0 Å². The quantitative estimate of drug-likeness (QED) is 0.569. The zero-order valence-electron chi connectivity index (χ0n) is 9.00. The molecule has 0 unspecified atom stereocenters. The Labute approximate surface area is 94.1 Å². The van der Waals surface area contributed by atoms with Gasteiger partial charge in [0.25, 0.3) is 0 Å². The predicted octanol–water partition coefficient (Wildman–Crippen LogP) is 3.04. The molecular weight excluding hydrogens is 200 g/mol. The Morgan fingerprint density at radius 2 is 1.81 bits per heavy atom. The molecule has 0 fully saturated rings. The monoisotopic (exact) mass is 212 g/mol. The summed E-state index contributed by atoms with van der Waals surface area (Å²) < 4.78 is 5.09. The van der Waals surface area contributed by atoms with Gasteiger partial charge in [-0.3, -0.25) is 0 Å². The molecule has 0 radical (unpaired) electrons. The van der Waals surface area contributed by atoms with E-state index in [2.05, 4.69) is 10.2 Å². The summed E-state index contributed by atoms with van der Waals surface area (Å²) in [4.78, 5) is 0. The van der Waals surface area contributed by atoms with Gasteiger partial charge in [0.1, 0.15) is 5.76 Å². The first-order chi connectivity index (χ1) is 7.86. The van der Waals surface area contributed by atoms with Crippen LogP contribution in [0.4, 0.5) is 0 Å². The van der Waals surface area contributed by atoms with E-state index in [4.69, 9.17) is 4.42 Å². The average Bonchev–Trinajstić information content (AvgIpc) is 2.79. The minimum absolute atomic E-state index is 0.696. The van der Waals surface area contributed by atoms with Gasteiger partial charge in [-0.1, -0.05) is 24.3 Å². The normalized spacial score (nSPS) is 11.6. The maximum atomic E-state index is 5.09. The van der Waals surface area contributed by atoms with Crippen molar-refractivity contribution < 1.29 is 4.42 Å². The summed E-state index contributed by atoms with van der Waals surface area (Å²) in [6.07, 6.45) is 4.91. The van der Waals surface area contributed by atoms with Crippen LogP contribution in [0, 0.1) is 6.92 Å². The summed E-state index contributed by atoms with van der Waals surface area (Å²) in [7, 11) is 0. The van der Waals surface area contributed by atoms with E-state index >= 15 is 0 Å². The lowest BCUT2D eigenvalue weighted by Gasteiger charge is -1.95. The largest absolute Gasteiger partial charge is 0.463 e. The maximum Gasteiger partial charge on any atom is 0.146 e. The fourth-order valence-corrected chi connectivity index (χ4v) is 1.28. The van der Waals surface area contributed by atoms with Crippen molar-refractivity contribution in [3.05, 3.63) is 59.5 Å². The van der Waals surface area contributed by atoms with Crippen molar-refractivity contribution in [1.29, 1.82) is 0 Å². The summed E-state index contributed by atoms with van der Waals surface area (Å²) in [6, 6.07) is 11.7. The zero-order chi connectivity index (χ0) is 11.2. The van der Waals surface area contributed by atoms with Crippen molar-refractivity contribution >= 4 is 12.4 Å². The Morgan fingerprint density at radius 1 is 1.00 bits per heavy atom. The second kappa shape index (κ2) is 5.07. The smallest absolute Gasteiger partial charge is 0.146 e. The van der Waals surface area contributed by atoms with Crippen LogP contribution in [0.25, 0.3) is 0 Å². The Balaban J connectivity index is 2.03. The van der Waals surface area contributed by atoms with E-state index in [0.717, 1.165) is 5.56 Å². The molecule has 0 aliphatic rings. The van der Waals surface area contributed by atoms with Crippen LogP contribution >= 0.6 is 0 Å². The molecule has 0 N–H and O–H groups in total. The summed E-state index contributed by atoms with van der Waals surface area (Å²) in [5.41, 5.74) is 2.25. The summed E-state index contributed by atoms with van der Waals surface area (Å²) in [5.74, 6) is 0.696. The lowest BCUT2D eigenvalue weighted by Crippen LogP contribution is -1.84. The van der Waals surface area contributed by atoms with E-state index in [1.54, 1.807) is 18.7 Å². The van der Waals surface area contributed by atoms with Crippen LogP contribution in [0.3, 0.4) is 0 Å². The molecule has 0 atom stereocenters. The minimum atomic E-state index is 0.696. The molecule has 1 aromatic carbocycles. The van der Waals surface area contributed by atoms with Crippen LogP contribution in [0.5, 0.6) is 0 Å². The van der Waals surface area contributed by atoms with Gasteiger partial charge >= 0.3 is 0 Å². The third-order valence-corrected chi connectivity index (χ3v) is 2.18. The molecule has 0 aliphatic heterocycles. The maximum absolute atomic E-state index is 5.09. The fourth-order valence-electron chi connectivity index (χ4n) is 1.28. The van der Waals surface area contributed by atoms with E-state index < -0.39 is 0 Å². The van der Waals surface area contributed by atoms with Gasteiger partial charge in [0, 0.05) is 0 Å². The van der Waals surface area contributed by atoms with E-state index in [0.29, 0.717) is 5.76 Å². The Kier molecular flexibility index (Phi) is 3.28. The molecule has 1 aromatic heterocycles. The van der Waals surface area contributed by atoms with E-state index in [-0.39, 0.29) is 0 Å². The van der Waals surface area contributed by atoms with Crippen LogP contribution in [0.15, 0.2) is 57.3 Å². The van der Waals surface area contributed by atoms with Crippen molar-refractivity contribution in [2.24, 2.45) is 10.2 Å². The molecule has 0 saturated carbocycles. The highest BCUT2D eigenvalue weighted by atomic mass is 16.3. The first-order valence-corrected chi connectivity index (χ1v) is 5.02. The molecule has 0 spiro atoms. The second-order valence-electron chi connectivity index (χ2n) is 3.36. The van der Waals surface area contributed by atoms with Crippen LogP contribution in [-0.2, 0) is 0 Å². The molecule has 0 amide bonds. The van der Waals surface area contributed by atoms with Gasteiger partial charge < -0.3 is 4.42 Å². The van der Waals surface area contributed by atoms with Crippen molar-refractivity contribution in [3.8, 4) is 0 Å². The minimum Gasteiger partial charge on any atom is -0.463 e. The lowest BCUT2D eigenvalue weighted by molar-refractivity contribution is 0.560. The average molecular weight is 212 g/mol. The molecule has 0 bridgehead atoms. The van der Waals surface area contributed by atoms with Gasteiger partial charge in [-0.25, -0.2) is 0 Å². The highest BCUT2D eigenvalue weighted by Crippen LogP contribution is 2.03. The first kappa shape index (κ1) is 10.4. The molecule has 1 heterocycles. The molecule has 3 heteroatoms. The molecule has 16 heavy (non-hydrogen) atoms. The Hall–Kier alpha value is -2.16. The molecule has 3 nitrogen and oxygen atoms in total. The second-order valence-corrected chi connectivity index (χ2v) is 3.36. The third-order valence-electron chi connectivity index (χ3n) is 2.18. The standard InChI is InChI=1S/C13H12N2O/c1-11-5-2-3-6-12(11)9-14-15-10-13-7-4-8-16-13/h2-10H,1H3/b14-9-,15-10+. The zero-order valence-corrected chi connectivity index (χ0v) is 9.00. The van der Waals surface area contributed by atoms with Crippen LogP contribution < -0.4 is 0 Å². The summed E-state index contributed by atoms with van der Waals surface area (Å²) in [6.45, 7) is 2.04. The molecule has 2 aromatic rings. The van der Waals surface area contributed by atoms with Gasteiger partial charge in [0.15, 0.2) is 0 Å².